The Morgan fingerprint density at radius 3 is 2.73 bits per heavy atom. The summed E-state index contributed by atoms with van der Waals surface area (Å²) in [6.45, 7) is -1.50. The summed E-state index contributed by atoms with van der Waals surface area (Å²) in [6.07, 6.45) is 0.342. The molecule has 1 aliphatic carbocycles. The highest BCUT2D eigenvalue weighted by Crippen LogP contribution is 2.33. The number of hydrogen-bond donors (Lipinski definition) is 3. The number of anilines is 3. The maximum absolute atomic E-state index is 13.5. The Bertz CT molecular complexity index is 1500. The van der Waals surface area contributed by atoms with Crippen molar-refractivity contribution < 1.29 is 31.6 Å². The number of alkyl halides is 3. The number of nitrogens with zero attached hydrogens (tertiary/aromatic N) is 3. The molecule has 3 heterocycles. The molecule has 0 aromatic carbocycles. The Labute approximate surface area is 214 Å². The lowest BCUT2D eigenvalue weighted by Crippen LogP contribution is -2.32. The van der Waals surface area contributed by atoms with Gasteiger partial charge in [-0.25, -0.2) is 4.98 Å². The van der Waals surface area contributed by atoms with Crippen LogP contribution in [-0.2, 0) is 16.1 Å². The van der Waals surface area contributed by atoms with Crippen LogP contribution in [0.3, 0.4) is 0 Å². The van der Waals surface area contributed by atoms with Crippen LogP contribution in [0, 0.1) is 5.92 Å². The van der Waals surface area contributed by atoms with Crippen molar-refractivity contribution in [1.82, 2.24) is 19.4 Å². The third-order valence-electron chi connectivity index (χ3n) is 6.12. The van der Waals surface area contributed by atoms with Gasteiger partial charge >= 0.3 is 6.18 Å². The predicted octanol–water partition coefficient (Wildman–Crippen LogP) is 3.42. The zero-order chi connectivity index (χ0) is 29.4. The normalized spacial score (nSPS) is 16.0. The zero-order valence-corrected chi connectivity index (χ0v) is 20.0. The number of aromatic nitrogens is 3. The summed E-state index contributed by atoms with van der Waals surface area (Å²) in [6, 6.07) is 0.535. The summed E-state index contributed by atoms with van der Waals surface area (Å²) < 4.78 is 69.8. The molecular formula is C24H27F3N6O4. The number of halogens is 3. The van der Waals surface area contributed by atoms with Crippen LogP contribution in [0.5, 0.6) is 0 Å². The minimum absolute atomic E-state index is 0.0349. The number of rotatable bonds is 9. The van der Waals surface area contributed by atoms with Crippen molar-refractivity contribution in [2.75, 3.05) is 31.3 Å². The number of nitrogens with one attached hydrogen (secondary N) is 3. The molecule has 3 N–H and O–H groups in total. The Balaban J connectivity index is 1.84. The summed E-state index contributed by atoms with van der Waals surface area (Å²) in [5.41, 5.74) is -0.857. The molecule has 1 aliphatic rings. The smallest absolute Gasteiger partial charge is 0.383 e. The van der Waals surface area contributed by atoms with Gasteiger partial charge in [-0.1, -0.05) is 0 Å². The molecule has 1 fully saturated rings. The van der Waals surface area contributed by atoms with Crippen LogP contribution >= 0.6 is 0 Å². The lowest BCUT2D eigenvalue weighted by molar-refractivity contribution is -0.163. The van der Waals surface area contributed by atoms with Crippen molar-refractivity contribution in [2.24, 2.45) is 5.92 Å². The van der Waals surface area contributed by atoms with Crippen LogP contribution in [0.25, 0.3) is 10.9 Å². The van der Waals surface area contributed by atoms with Gasteiger partial charge in [0.1, 0.15) is 11.9 Å². The standard InChI is InChI=1S/C24H27F3N6O4/c1-13(24(25,26)27)33-7-6-18-20(23(33)36)17(12-32(18)8-9-37-3)30-16-10-19(31-21(34)14-4-5-14)29-11-15(16)22(35)28-2/h6-7,10-14H,4-5,8-9H2,1-3H3,(H,28,35)(H2,29,30,31,34)/t13-/m0/s1/i2D3. The van der Waals surface area contributed by atoms with Gasteiger partial charge in [0.05, 0.1) is 34.4 Å². The molecule has 198 valence electrons. The van der Waals surface area contributed by atoms with Crippen LogP contribution in [0.2, 0.25) is 0 Å². The first-order valence-electron chi connectivity index (χ1n) is 12.9. The average molecular weight is 524 g/mol. The van der Waals surface area contributed by atoms with E-state index in [2.05, 4.69) is 15.6 Å². The molecule has 4 rings (SSSR count). The van der Waals surface area contributed by atoms with Gasteiger partial charge in [-0.2, -0.15) is 13.2 Å². The molecule has 1 saturated carbocycles. The van der Waals surface area contributed by atoms with E-state index in [4.69, 9.17) is 8.85 Å². The summed E-state index contributed by atoms with van der Waals surface area (Å²) in [5, 5.41) is 7.27. The average Bonchev–Trinajstić information content (AvgIpc) is 3.64. The number of carbonyl (C=O) groups is 2. The number of pyridine rings is 2. The summed E-state index contributed by atoms with van der Waals surface area (Å²) >= 11 is 0. The first-order valence-corrected chi connectivity index (χ1v) is 11.4. The molecule has 10 nitrogen and oxygen atoms in total. The van der Waals surface area contributed by atoms with E-state index < -0.39 is 30.7 Å². The third kappa shape index (κ3) is 5.45. The summed E-state index contributed by atoms with van der Waals surface area (Å²) in [7, 11) is 1.47. The van der Waals surface area contributed by atoms with Crippen LogP contribution in [0.4, 0.5) is 30.4 Å². The van der Waals surface area contributed by atoms with Gasteiger partial charge in [0, 0.05) is 55.3 Å². The SMILES string of the molecule is [2H]C([2H])([2H])NC(=O)c1cnc(NC(=O)C2CC2)cc1Nc1cn(CCOC)c2ccn([C@@H](C)C(F)(F)F)c(=O)c12. The molecular weight excluding hydrogens is 493 g/mol. The van der Waals surface area contributed by atoms with Crippen molar-refractivity contribution in [3.05, 3.63) is 46.6 Å². The van der Waals surface area contributed by atoms with Gasteiger partial charge in [0.25, 0.3) is 11.5 Å². The minimum atomic E-state index is -4.69. The van der Waals surface area contributed by atoms with E-state index in [0.717, 1.165) is 32.2 Å². The van der Waals surface area contributed by atoms with Gasteiger partial charge in [-0.3, -0.25) is 14.4 Å². The van der Waals surface area contributed by atoms with Crippen molar-refractivity contribution in [3.63, 3.8) is 0 Å². The first kappa shape index (κ1) is 22.3. The largest absolute Gasteiger partial charge is 0.408 e. The van der Waals surface area contributed by atoms with Crippen LogP contribution < -0.4 is 21.5 Å². The van der Waals surface area contributed by atoms with E-state index >= 15 is 0 Å². The van der Waals surface area contributed by atoms with Gasteiger partial charge < -0.3 is 29.8 Å². The fourth-order valence-electron chi connectivity index (χ4n) is 3.85. The molecule has 2 amide bonds. The first-order chi connectivity index (χ1) is 18.7. The fraction of sp³-hybridized carbons (Fsp3) is 0.417. The van der Waals surface area contributed by atoms with E-state index in [9.17, 15) is 27.6 Å². The van der Waals surface area contributed by atoms with Crippen molar-refractivity contribution in [3.8, 4) is 0 Å². The van der Waals surface area contributed by atoms with Crippen LogP contribution in [0.1, 0.15) is 40.3 Å². The second-order valence-corrected chi connectivity index (χ2v) is 8.69. The highest BCUT2D eigenvalue weighted by Gasteiger charge is 2.38. The number of amides is 2. The number of fused-ring (bicyclic) bond motifs is 1. The van der Waals surface area contributed by atoms with Gasteiger partial charge in [0.15, 0.2) is 0 Å². The summed E-state index contributed by atoms with van der Waals surface area (Å²) in [5.74, 6) is -1.42. The number of carbonyl (C=O) groups excluding carboxylic acids is 2. The molecule has 0 radical (unpaired) electrons. The van der Waals surface area contributed by atoms with Gasteiger partial charge in [-0.05, 0) is 25.8 Å². The van der Waals surface area contributed by atoms with Crippen LogP contribution in [0.15, 0.2) is 35.5 Å². The van der Waals surface area contributed by atoms with E-state index in [0.29, 0.717) is 10.1 Å². The molecule has 1 atom stereocenters. The van der Waals surface area contributed by atoms with Gasteiger partial charge in [0.2, 0.25) is 5.91 Å². The third-order valence-corrected chi connectivity index (χ3v) is 6.12. The monoisotopic (exact) mass is 523 g/mol. The number of hydrogen-bond acceptors (Lipinski definition) is 6. The fourth-order valence-corrected chi connectivity index (χ4v) is 3.85. The molecule has 0 aliphatic heterocycles. The molecule has 13 heteroatoms. The van der Waals surface area contributed by atoms with E-state index in [-0.39, 0.29) is 53.1 Å². The van der Waals surface area contributed by atoms with Crippen LogP contribution in [-0.4, -0.2) is 52.8 Å². The van der Waals surface area contributed by atoms with E-state index in [1.165, 1.54) is 25.4 Å². The molecule has 0 saturated heterocycles. The zero-order valence-electron chi connectivity index (χ0n) is 23.0. The quantitative estimate of drug-likeness (QED) is 0.396. The molecule has 0 spiro atoms. The molecule has 3 aromatic rings. The molecule has 0 unspecified atom stereocenters. The Morgan fingerprint density at radius 1 is 1.32 bits per heavy atom. The second kappa shape index (κ2) is 10.2. The topological polar surface area (TPSA) is 119 Å². The molecule has 0 bridgehead atoms. The maximum Gasteiger partial charge on any atom is 0.408 e. The minimum Gasteiger partial charge on any atom is -0.383 e. The van der Waals surface area contributed by atoms with Gasteiger partial charge in [-0.15, -0.1) is 0 Å². The number of methoxy groups -OCH3 is 1. The maximum atomic E-state index is 13.5. The highest BCUT2D eigenvalue weighted by atomic mass is 19.4. The Morgan fingerprint density at radius 2 is 2.08 bits per heavy atom. The summed E-state index contributed by atoms with van der Waals surface area (Å²) in [4.78, 5) is 42.5. The molecule has 37 heavy (non-hydrogen) atoms. The highest BCUT2D eigenvalue weighted by molar-refractivity contribution is 6.03. The van der Waals surface area contributed by atoms with E-state index in [1.807, 2.05) is 5.32 Å². The van der Waals surface area contributed by atoms with Crippen molar-refractivity contribution in [2.45, 2.75) is 38.5 Å². The molecule has 3 aromatic heterocycles. The Hall–Kier alpha value is -3.87. The van der Waals surface area contributed by atoms with Crippen molar-refractivity contribution in [1.29, 1.82) is 0 Å². The predicted molar refractivity (Wildman–Crippen MR) is 131 cm³/mol. The lowest BCUT2D eigenvalue weighted by Gasteiger charge is -2.19. The lowest BCUT2D eigenvalue weighted by atomic mass is 10.2. The van der Waals surface area contributed by atoms with Crippen molar-refractivity contribution >= 4 is 39.9 Å². The Kier molecular flexibility index (Phi) is 6.18. The number of ether oxygens (including phenoxy) is 1. The van der Waals surface area contributed by atoms with E-state index in [1.54, 1.807) is 4.57 Å². The second-order valence-electron chi connectivity index (χ2n) is 8.69.